The van der Waals surface area contributed by atoms with Crippen LogP contribution in [0.4, 0.5) is 0 Å². The van der Waals surface area contributed by atoms with Crippen LogP contribution in [0.3, 0.4) is 0 Å². The van der Waals surface area contributed by atoms with Gasteiger partial charge in [0.1, 0.15) is 0 Å². The first-order valence-corrected chi connectivity index (χ1v) is 7.32. The van der Waals surface area contributed by atoms with Crippen LogP contribution in [0, 0.1) is 0 Å². The number of hydrogen-bond acceptors (Lipinski definition) is 3. The molecule has 20 heavy (non-hydrogen) atoms. The van der Waals surface area contributed by atoms with Crippen molar-refractivity contribution >= 4 is 0 Å². The molecular formula is C16H22N4. The first-order valence-electron chi connectivity index (χ1n) is 7.32. The van der Waals surface area contributed by atoms with Crippen molar-refractivity contribution in [2.45, 2.75) is 25.4 Å². The number of nitrogens with one attached hydrogen (secondary N) is 2. The van der Waals surface area contributed by atoms with Gasteiger partial charge in [-0.15, -0.1) is 0 Å². The van der Waals surface area contributed by atoms with Crippen LogP contribution in [-0.2, 0) is 6.54 Å². The molecule has 0 radical (unpaired) electrons. The maximum Gasteiger partial charge on any atom is 0.0650 e. The van der Waals surface area contributed by atoms with Gasteiger partial charge in [0.2, 0.25) is 0 Å². The first kappa shape index (κ1) is 13.3. The Morgan fingerprint density at radius 3 is 2.85 bits per heavy atom. The molecule has 4 heteroatoms. The number of rotatable bonds is 4. The second-order valence-corrected chi connectivity index (χ2v) is 5.65. The number of nitrogens with zero attached hydrogens (tertiary/aromatic N) is 2. The van der Waals surface area contributed by atoms with Crippen molar-refractivity contribution in [3.05, 3.63) is 42.1 Å². The number of hydrogen-bond donors (Lipinski definition) is 2. The lowest BCUT2D eigenvalue weighted by Gasteiger charge is -2.30. The summed E-state index contributed by atoms with van der Waals surface area (Å²) in [5.74, 6) is 0. The number of aromatic nitrogens is 2. The van der Waals surface area contributed by atoms with Gasteiger partial charge >= 0.3 is 0 Å². The van der Waals surface area contributed by atoms with Gasteiger partial charge in [0.05, 0.1) is 5.69 Å². The van der Waals surface area contributed by atoms with Crippen molar-refractivity contribution in [3.63, 3.8) is 0 Å². The van der Waals surface area contributed by atoms with Crippen LogP contribution in [0.15, 0.2) is 36.5 Å². The molecule has 1 aromatic heterocycles. The standard InChI is InChI=1S/C16H22N4/c1-20-10-2-3-15(12-20)17-11-13-4-6-14(7-5-13)16-8-9-18-19-16/h4-9,15,17H,2-3,10-12H2,1H3,(H,18,19). The summed E-state index contributed by atoms with van der Waals surface area (Å²) in [6.07, 6.45) is 4.37. The fourth-order valence-electron chi connectivity index (χ4n) is 2.81. The molecule has 1 aliphatic heterocycles. The molecule has 1 unspecified atom stereocenters. The fraction of sp³-hybridized carbons (Fsp3) is 0.438. The molecular weight excluding hydrogens is 248 g/mol. The molecule has 1 fully saturated rings. The molecule has 0 amide bonds. The lowest BCUT2D eigenvalue weighted by atomic mass is 10.1. The van der Waals surface area contributed by atoms with E-state index in [-0.39, 0.29) is 0 Å². The van der Waals surface area contributed by atoms with E-state index in [1.54, 1.807) is 6.20 Å². The Morgan fingerprint density at radius 1 is 1.30 bits per heavy atom. The van der Waals surface area contributed by atoms with Gasteiger partial charge in [0.25, 0.3) is 0 Å². The van der Waals surface area contributed by atoms with Crippen molar-refractivity contribution in [3.8, 4) is 11.3 Å². The highest BCUT2D eigenvalue weighted by Gasteiger charge is 2.16. The topological polar surface area (TPSA) is 44.0 Å². The lowest BCUT2D eigenvalue weighted by molar-refractivity contribution is 0.226. The number of H-pyrrole nitrogens is 1. The molecule has 2 N–H and O–H groups in total. The van der Waals surface area contributed by atoms with E-state index in [1.807, 2.05) is 6.07 Å². The van der Waals surface area contributed by atoms with Gasteiger partial charge in [0.15, 0.2) is 0 Å². The van der Waals surface area contributed by atoms with E-state index in [9.17, 15) is 0 Å². The van der Waals surface area contributed by atoms with Crippen LogP contribution in [-0.4, -0.2) is 41.3 Å². The highest BCUT2D eigenvalue weighted by atomic mass is 15.1. The Hall–Kier alpha value is -1.65. The van der Waals surface area contributed by atoms with Crippen LogP contribution >= 0.6 is 0 Å². The van der Waals surface area contributed by atoms with Gasteiger partial charge in [-0.2, -0.15) is 5.10 Å². The van der Waals surface area contributed by atoms with E-state index in [0.717, 1.165) is 18.8 Å². The van der Waals surface area contributed by atoms with Crippen molar-refractivity contribution in [1.82, 2.24) is 20.4 Å². The van der Waals surface area contributed by atoms with E-state index in [2.05, 4.69) is 51.7 Å². The third-order valence-electron chi connectivity index (χ3n) is 3.99. The molecule has 1 aliphatic rings. The average Bonchev–Trinajstić information content (AvgIpc) is 3.00. The molecule has 2 heterocycles. The van der Waals surface area contributed by atoms with Crippen LogP contribution in [0.2, 0.25) is 0 Å². The predicted octanol–water partition coefficient (Wildman–Crippen LogP) is 2.26. The zero-order valence-electron chi connectivity index (χ0n) is 12.0. The van der Waals surface area contributed by atoms with Crippen molar-refractivity contribution in [2.75, 3.05) is 20.1 Å². The monoisotopic (exact) mass is 270 g/mol. The molecule has 0 aliphatic carbocycles. The van der Waals surface area contributed by atoms with Gasteiger partial charge in [-0.25, -0.2) is 0 Å². The summed E-state index contributed by atoms with van der Waals surface area (Å²) in [7, 11) is 2.20. The van der Waals surface area contributed by atoms with Gasteiger partial charge in [0, 0.05) is 25.3 Å². The molecule has 4 nitrogen and oxygen atoms in total. The summed E-state index contributed by atoms with van der Waals surface area (Å²) in [6.45, 7) is 3.34. The van der Waals surface area contributed by atoms with E-state index in [1.165, 1.54) is 30.5 Å². The Morgan fingerprint density at radius 2 is 2.15 bits per heavy atom. The molecule has 1 atom stereocenters. The summed E-state index contributed by atoms with van der Waals surface area (Å²) in [5, 5.41) is 10.6. The number of likely N-dealkylation sites (tertiary alicyclic amines) is 1. The van der Waals surface area contributed by atoms with Gasteiger partial charge < -0.3 is 10.2 Å². The molecule has 0 spiro atoms. The molecule has 0 bridgehead atoms. The summed E-state index contributed by atoms with van der Waals surface area (Å²) in [6, 6.07) is 11.3. The molecule has 3 rings (SSSR count). The Bertz CT molecular complexity index is 518. The number of benzene rings is 1. The molecule has 2 aromatic rings. The average molecular weight is 270 g/mol. The number of piperidine rings is 1. The minimum atomic E-state index is 0.626. The second kappa shape index (κ2) is 6.20. The summed E-state index contributed by atoms with van der Waals surface area (Å²) in [4.78, 5) is 2.41. The zero-order valence-corrected chi connectivity index (χ0v) is 12.0. The van der Waals surface area contributed by atoms with Crippen molar-refractivity contribution < 1.29 is 0 Å². The van der Waals surface area contributed by atoms with Crippen LogP contribution in [0.25, 0.3) is 11.3 Å². The number of aromatic amines is 1. The SMILES string of the molecule is CN1CCCC(NCc2ccc(-c3ccn[nH]3)cc2)C1. The highest BCUT2D eigenvalue weighted by molar-refractivity contribution is 5.58. The van der Waals surface area contributed by atoms with E-state index >= 15 is 0 Å². The van der Waals surface area contributed by atoms with Crippen LogP contribution in [0.1, 0.15) is 18.4 Å². The molecule has 106 valence electrons. The predicted molar refractivity (Wildman–Crippen MR) is 81.4 cm³/mol. The summed E-state index contributed by atoms with van der Waals surface area (Å²) >= 11 is 0. The molecule has 1 saturated heterocycles. The first-order chi connectivity index (χ1) is 9.81. The Balaban J connectivity index is 1.56. The Kier molecular flexibility index (Phi) is 4.14. The van der Waals surface area contributed by atoms with Gasteiger partial charge in [-0.1, -0.05) is 24.3 Å². The minimum Gasteiger partial charge on any atom is -0.309 e. The fourth-order valence-corrected chi connectivity index (χ4v) is 2.81. The van der Waals surface area contributed by atoms with Crippen LogP contribution < -0.4 is 5.32 Å². The van der Waals surface area contributed by atoms with Crippen molar-refractivity contribution in [1.29, 1.82) is 0 Å². The van der Waals surface area contributed by atoms with E-state index in [0.29, 0.717) is 6.04 Å². The zero-order chi connectivity index (χ0) is 13.8. The third kappa shape index (κ3) is 3.26. The second-order valence-electron chi connectivity index (χ2n) is 5.65. The van der Waals surface area contributed by atoms with E-state index in [4.69, 9.17) is 0 Å². The summed E-state index contributed by atoms with van der Waals surface area (Å²) < 4.78 is 0. The Labute approximate surface area is 120 Å². The third-order valence-corrected chi connectivity index (χ3v) is 3.99. The largest absolute Gasteiger partial charge is 0.309 e. The summed E-state index contributed by atoms with van der Waals surface area (Å²) in [5.41, 5.74) is 3.59. The maximum absolute atomic E-state index is 3.98. The van der Waals surface area contributed by atoms with Crippen LogP contribution in [0.5, 0.6) is 0 Å². The number of likely N-dealkylation sites (N-methyl/N-ethyl adjacent to an activating group) is 1. The van der Waals surface area contributed by atoms with Gasteiger partial charge in [-0.3, -0.25) is 5.10 Å². The maximum atomic E-state index is 3.98. The lowest BCUT2D eigenvalue weighted by Crippen LogP contribution is -2.43. The van der Waals surface area contributed by atoms with Crippen molar-refractivity contribution in [2.24, 2.45) is 0 Å². The highest BCUT2D eigenvalue weighted by Crippen LogP contribution is 2.17. The molecule has 0 saturated carbocycles. The minimum absolute atomic E-state index is 0.626. The normalized spacial score (nSPS) is 20.1. The quantitative estimate of drug-likeness (QED) is 0.895. The smallest absolute Gasteiger partial charge is 0.0650 e. The van der Waals surface area contributed by atoms with E-state index < -0.39 is 0 Å². The van der Waals surface area contributed by atoms with Gasteiger partial charge in [-0.05, 0) is 43.6 Å². The molecule has 1 aromatic carbocycles.